The van der Waals surface area contributed by atoms with Crippen molar-refractivity contribution in [2.45, 2.75) is 25.6 Å². The van der Waals surface area contributed by atoms with Gasteiger partial charge in [0.2, 0.25) is 0 Å². The highest BCUT2D eigenvalue weighted by Gasteiger charge is 2.53. The maximum absolute atomic E-state index is 13.2. The number of hydrogen-bond donors (Lipinski definition) is 0. The van der Waals surface area contributed by atoms with Gasteiger partial charge in [-0.15, -0.1) is 0 Å². The third-order valence-corrected chi connectivity index (χ3v) is 7.28. The molecule has 0 spiro atoms. The maximum atomic E-state index is 13.2. The van der Waals surface area contributed by atoms with Gasteiger partial charge in [-0.1, -0.05) is 29.8 Å². The second kappa shape index (κ2) is 6.49. The Labute approximate surface area is 162 Å². The summed E-state index contributed by atoms with van der Waals surface area (Å²) in [5, 5.41) is 0.523. The summed E-state index contributed by atoms with van der Waals surface area (Å²) in [6.45, 7) is 2.09. The van der Waals surface area contributed by atoms with Crippen molar-refractivity contribution in [3.63, 3.8) is 0 Å². The van der Waals surface area contributed by atoms with Gasteiger partial charge in [-0.3, -0.25) is 4.90 Å². The molecule has 142 valence electrons. The number of aryl methyl sites for hydroxylation is 1. The molecule has 0 saturated carbocycles. The summed E-state index contributed by atoms with van der Waals surface area (Å²) in [6, 6.07) is 10.00. The van der Waals surface area contributed by atoms with Gasteiger partial charge in [-0.2, -0.15) is 0 Å². The highest BCUT2D eigenvalue weighted by atomic mass is 35.5. The van der Waals surface area contributed by atoms with Crippen LogP contribution in [0.2, 0.25) is 5.02 Å². The van der Waals surface area contributed by atoms with E-state index >= 15 is 0 Å². The minimum Gasteiger partial charge on any atom is -0.314 e. The third kappa shape index (κ3) is 3.30. The number of anilines is 1. The third-order valence-electron chi connectivity index (χ3n) is 5.18. The van der Waals surface area contributed by atoms with E-state index in [9.17, 15) is 17.6 Å². The molecule has 2 aromatic rings. The lowest BCUT2D eigenvalue weighted by molar-refractivity contribution is 0.206. The van der Waals surface area contributed by atoms with E-state index in [1.165, 1.54) is 17.0 Å². The van der Waals surface area contributed by atoms with Gasteiger partial charge in [0.05, 0.1) is 23.6 Å². The van der Waals surface area contributed by atoms with Crippen molar-refractivity contribution in [2.75, 3.05) is 16.4 Å². The van der Waals surface area contributed by atoms with Crippen LogP contribution in [0.1, 0.15) is 11.1 Å². The molecule has 2 heterocycles. The summed E-state index contributed by atoms with van der Waals surface area (Å²) >= 11 is 6.21. The predicted molar refractivity (Wildman–Crippen MR) is 102 cm³/mol. The zero-order valence-electron chi connectivity index (χ0n) is 14.6. The summed E-state index contributed by atoms with van der Waals surface area (Å²) in [4.78, 5) is 16.2. The van der Waals surface area contributed by atoms with Crippen molar-refractivity contribution in [1.82, 2.24) is 4.90 Å². The van der Waals surface area contributed by atoms with E-state index in [1.807, 2.05) is 13.0 Å². The van der Waals surface area contributed by atoms with Crippen LogP contribution in [0, 0.1) is 12.7 Å². The fourth-order valence-corrected chi connectivity index (χ4v) is 5.91. The first-order chi connectivity index (χ1) is 12.7. The number of sulfone groups is 1. The average Bonchev–Trinajstić information content (AvgIpc) is 3.03. The van der Waals surface area contributed by atoms with E-state index < -0.39 is 21.9 Å². The van der Waals surface area contributed by atoms with Gasteiger partial charge in [0.25, 0.3) is 0 Å². The van der Waals surface area contributed by atoms with Crippen molar-refractivity contribution in [1.29, 1.82) is 0 Å². The molecule has 0 N–H and O–H groups in total. The number of halogens is 2. The fraction of sp³-hybridized carbons (Fsp3) is 0.316. The first-order valence-electron chi connectivity index (χ1n) is 8.56. The molecular formula is C19H18ClFN2O3S. The molecule has 2 amide bonds. The van der Waals surface area contributed by atoms with Crippen molar-refractivity contribution in [3.8, 4) is 0 Å². The van der Waals surface area contributed by atoms with Gasteiger partial charge in [0, 0.05) is 17.3 Å². The molecule has 4 rings (SSSR count). The Hall–Kier alpha value is -2.12. The van der Waals surface area contributed by atoms with Gasteiger partial charge in [-0.25, -0.2) is 17.6 Å². The number of carbonyl (C=O) groups excluding carboxylic acids is 1. The summed E-state index contributed by atoms with van der Waals surface area (Å²) in [7, 11) is -3.25. The second-order valence-electron chi connectivity index (χ2n) is 7.05. The quantitative estimate of drug-likeness (QED) is 0.731. The Kier molecular flexibility index (Phi) is 4.39. The van der Waals surface area contributed by atoms with Crippen LogP contribution in [0.25, 0.3) is 0 Å². The van der Waals surface area contributed by atoms with Crippen molar-refractivity contribution >= 4 is 33.2 Å². The number of urea groups is 1. The van der Waals surface area contributed by atoms with Crippen LogP contribution in [-0.4, -0.2) is 42.9 Å². The van der Waals surface area contributed by atoms with Gasteiger partial charge >= 0.3 is 6.03 Å². The highest BCUT2D eigenvalue weighted by molar-refractivity contribution is 7.91. The summed E-state index contributed by atoms with van der Waals surface area (Å²) in [6.07, 6.45) is 0. The minimum atomic E-state index is -3.25. The minimum absolute atomic E-state index is 0.0688. The van der Waals surface area contributed by atoms with E-state index in [-0.39, 0.29) is 29.9 Å². The topological polar surface area (TPSA) is 57.7 Å². The first-order valence-corrected chi connectivity index (χ1v) is 10.8. The van der Waals surface area contributed by atoms with E-state index in [2.05, 4.69) is 0 Å². The zero-order chi connectivity index (χ0) is 19.3. The number of rotatable bonds is 3. The molecular weight excluding hydrogens is 391 g/mol. The van der Waals surface area contributed by atoms with Crippen LogP contribution < -0.4 is 4.90 Å². The second-order valence-corrected chi connectivity index (χ2v) is 9.61. The molecule has 27 heavy (non-hydrogen) atoms. The fourth-order valence-electron chi connectivity index (χ4n) is 3.78. The number of carbonyl (C=O) groups is 1. The van der Waals surface area contributed by atoms with Crippen LogP contribution in [0.5, 0.6) is 0 Å². The molecule has 2 aliphatic heterocycles. The van der Waals surface area contributed by atoms with Gasteiger partial charge in [0.15, 0.2) is 9.84 Å². The molecule has 2 fully saturated rings. The molecule has 0 radical (unpaired) electrons. The van der Waals surface area contributed by atoms with Crippen molar-refractivity contribution < 1.29 is 17.6 Å². The largest absolute Gasteiger partial charge is 0.325 e. The van der Waals surface area contributed by atoms with Crippen LogP contribution in [0.3, 0.4) is 0 Å². The molecule has 5 nitrogen and oxygen atoms in total. The van der Waals surface area contributed by atoms with Gasteiger partial charge in [-0.05, 0) is 42.3 Å². The van der Waals surface area contributed by atoms with Gasteiger partial charge < -0.3 is 4.90 Å². The Morgan fingerprint density at radius 3 is 2.44 bits per heavy atom. The SMILES string of the molecule is Cc1ccc(N2C(=O)N(Cc3ccc(F)cc3)[C@H]3CS(=O)(=O)C[C@H]32)cc1Cl. The van der Waals surface area contributed by atoms with E-state index in [0.29, 0.717) is 10.7 Å². The normalized spacial score (nSPS) is 23.7. The number of nitrogens with zero attached hydrogens (tertiary/aromatic N) is 2. The average molecular weight is 409 g/mol. The lowest BCUT2D eigenvalue weighted by atomic mass is 10.1. The van der Waals surface area contributed by atoms with Crippen LogP contribution >= 0.6 is 11.6 Å². The number of fused-ring (bicyclic) bond motifs is 1. The molecule has 0 bridgehead atoms. The summed E-state index contributed by atoms with van der Waals surface area (Å²) < 4.78 is 37.7. The zero-order valence-corrected chi connectivity index (χ0v) is 16.2. The van der Waals surface area contributed by atoms with Crippen LogP contribution in [-0.2, 0) is 16.4 Å². The molecule has 0 unspecified atom stereocenters. The predicted octanol–water partition coefficient (Wildman–Crippen LogP) is 3.40. The van der Waals surface area contributed by atoms with Crippen LogP contribution in [0.15, 0.2) is 42.5 Å². The molecule has 2 aliphatic rings. The lowest BCUT2D eigenvalue weighted by Crippen LogP contribution is -2.37. The number of benzene rings is 2. The molecule has 8 heteroatoms. The number of amides is 2. The Morgan fingerprint density at radius 1 is 1.11 bits per heavy atom. The molecule has 2 atom stereocenters. The summed E-state index contributed by atoms with van der Waals surface area (Å²) in [5.74, 6) is -0.501. The van der Waals surface area contributed by atoms with Crippen LogP contribution in [0.4, 0.5) is 14.9 Å². The maximum Gasteiger partial charge on any atom is 0.325 e. The Bertz CT molecular complexity index is 1010. The highest BCUT2D eigenvalue weighted by Crippen LogP contribution is 2.37. The number of hydrogen-bond acceptors (Lipinski definition) is 3. The summed E-state index contributed by atoms with van der Waals surface area (Å²) in [5.41, 5.74) is 2.21. The van der Waals surface area contributed by atoms with Crippen molar-refractivity contribution in [3.05, 3.63) is 64.4 Å². The van der Waals surface area contributed by atoms with E-state index in [0.717, 1.165) is 11.1 Å². The standard InChI is InChI=1S/C19H18ClFN2O3S/c1-12-2-7-15(8-16(12)20)23-18-11-27(25,26)10-17(18)22(19(23)24)9-13-3-5-14(21)6-4-13/h2-8,17-18H,9-11H2,1H3/t17-,18+/m0/s1. The lowest BCUT2D eigenvalue weighted by Gasteiger charge is -2.23. The van der Waals surface area contributed by atoms with E-state index in [4.69, 9.17) is 11.6 Å². The van der Waals surface area contributed by atoms with Gasteiger partial charge in [0.1, 0.15) is 5.82 Å². The molecule has 2 saturated heterocycles. The Balaban J connectivity index is 1.71. The monoisotopic (exact) mass is 408 g/mol. The molecule has 0 aromatic heterocycles. The molecule has 0 aliphatic carbocycles. The first kappa shape index (κ1) is 18.3. The van der Waals surface area contributed by atoms with Crippen molar-refractivity contribution in [2.24, 2.45) is 0 Å². The molecule has 2 aromatic carbocycles. The Morgan fingerprint density at radius 2 is 1.78 bits per heavy atom. The van der Waals surface area contributed by atoms with E-state index in [1.54, 1.807) is 29.2 Å². The smallest absolute Gasteiger partial charge is 0.314 e.